The van der Waals surface area contributed by atoms with Crippen molar-refractivity contribution in [1.82, 2.24) is 19.9 Å². The fraction of sp³-hybridized carbons (Fsp3) is 0.533. The smallest absolute Gasteiger partial charge is 0.222 e. The number of carbonyl (C=O) groups excluding carboxylic acids is 1. The largest absolute Gasteiger partial charge is 0.346 e. The number of fused-ring (bicyclic) bond motifs is 1. The molecule has 0 aliphatic rings. The number of hydrogen-bond donors (Lipinski definition) is 2. The number of rotatable bonds is 4. The van der Waals surface area contributed by atoms with E-state index in [4.69, 9.17) is 5.73 Å². The van der Waals surface area contributed by atoms with E-state index in [2.05, 4.69) is 15.5 Å². The zero-order chi connectivity index (χ0) is 15.6. The molecule has 2 heterocycles. The first-order chi connectivity index (χ1) is 9.79. The first kappa shape index (κ1) is 15.4. The number of nitrogens with one attached hydrogen (secondary N) is 1. The SMILES string of the molecule is CC(NC(=O)CC(N)C(C)(C)C)c1nnc2ccccn12. The summed E-state index contributed by atoms with van der Waals surface area (Å²) in [6, 6.07) is 5.28. The van der Waals surface area contributed by atoms with Gasteiger partial charge in [-0.25, -0.2) is 0 Å². The van der Waals surface area contributed by atoms with Gasteiger partial charge in [0.15, 0.2) is 11.5 Å². The molecule has 114 valence electrons. The Kier molecular flexibility index (Phi) is 4.27. The molecule has 1 amide bonds. The highest BCUT2D eigenvalue weighted by Gasteiger charge is 2.24. The van der Waals surface area contributed by atoms with Gasteiger partial charge in [0.25, 0.3) is 0 Å². The van der Waals surface area contributed by atoms with Crippen molar-refractivity contribution in [3.8, 4) is 0 Å². The van der Waals surface area contributed by atoms with E-state index in [9.17, 15) is 4.79 Å². The van der Waals surface area contributed by atoms with Crippen LogP contribution in [0.4, 0.5) is 0 Å². The van der Waals surface area contributed by atoms with Crippen molar-refractivity contribution >= 4 is 11.6 Å². The van der Waals surface area contributed by atoms with Crippen molar-refractivity contribution < 1.29 is 4.79 Å². The second kappa shape index (κ2) is 5.81. The van der Waals surface area contributed by atoms with Gasteiger partial charge in [0.05, 0.1) is 6.04 Å². The molecule has 0 aliphatic carbocycles. The second-order valence-electron chi connectivity index (χ2n) is 6.45. The van der Waals surface area contributed by atoms with Gasteiger partial charge in [-0.15, -0.1) is 10.2 Å². The quantitative estimate of drug-likeness (QED) is 0.896. The van der Waals surface area contributed by atoms with E-state index < -0.39 is 0 Å². The predicted molar refractivity (Wildman–Crippen MR) is 81.6 cm³/mol. The summed E-state index contributed by atoms with van der Waals surface area (Å²) < 4.78 is 1.87. The van der Waals surface area contributed by atoms with Crippen LogP contribution in [0.3, 0.4) is 0 Å². The lowest BCUT2D eigenvalue weighted by atomic mass is 9.85. The monoisotopic (exact) mass is 289 g/mol. The minimum atomic E-state index is -0.220. The van der Waals surface area contributed by atoms with Crippen LogP contribution in [-0.4, -0.2) is 26.5 Å². The summed E-state index contributed by atoms with van der Waals surface area (Å²) in [4.78, 5) is 12.1. The molecule has 0 bridgehead atoms. The fourth-order valence-corrected chi connectivity index (χ4v) is 2.03. The molecule has 21 heavy (non-hydrogen) atoms. The zero-order valence-corrected chi connectivity index (χ0v) is 13.0. The van der Waals surface area contributed by atoms with Gasteiger partial charge >= 0.3 is 0 Å². The molecule has 0 aliphatic heterocycles. The van der Waals surface area contributed by atoms with Crippen molar-refractivity contribution in [1.29, 1.82) is 0 Å². The van der Waals surface area contributed by atoms with Crippen molar-refractivity contribution in [3.05, 3.63) is 30.2 Å². The Balaban J connectivity index is 2.04. The lowest BCUT2D eigenvalue weighted by molar-refractivity contribution is -0.122. The number of nitrogens with two attached hydrogens (primary N) is 1. The molecule has 0 saturated heterocycles. The Hall–Kier alpha value is -1.95. The molecule has 3 N–H and O–H groups in total. The van der Waals surface area contributed by atoms with Crippen LogP contribution in [0, 0.1) is 5.41 Å². The maximum absolute atomic E-state index is 12.1. The van der Waals surface area contributed by atoms with Crippen LogP contribution in [0.5, 0.6) is 0 Å². The standard InChI is InChI=1S/C15H23N5O/c1-10(17-13(21)9-11(16)15(2,3)4)14-19-18-12-7-5-6-8-20(12)14/h5-8,10-11H,9,16H2,1-4H3,(H,17,21). The van der Waals surface area contributed by atoms with Gasteiger partial charge in [-0.2, -0.15) is 0 Å². The van der Waals surface area contributed by atoms with Crippen molar-refractivity contribution in [2.75, 3.05) is 0 Å². The topological polar surface area (TPSA) is 85.3 Å². The Labute approximate surface area is 124 Å². The average molecular weight is 289 g/mol. The molecule has 2 unspecified atom stereocenters. The van der Waals surface area contributed by atoms with E-state index in [1.807, 2.05) is 56.5 Å². The summed E-state index contributed by atoms with van der Waals surface area (Å²) in [5.41, 5.74) is 6.71. The maximum atomic E-state index is 12.1. The van der Waals surface area contributed by atoms with Crippen LogP contribution >= 0.6 is 0 Å². The molecule has 0 spiro atoms. The first-order valence-electron chi connectivity index (χ1n) is 7.13. The van der Waals surface area contributed by atoms with Crippen LogP contribution in [-0.2, 0) is 4.79 Å². The molecule has 6 heteroatoms. The Morgan fingerprint density at radius 1 is 1.38 bits per heavy atom. The van der Waals surface area contributed by atoms with Crippen molar-refractivity contribution in [2.45, 2.75) is 46.2 Å². The summed E-state index contributed by atoms with van der Waals surface area (Å²) in [5, 5.41) is 11.2. The van der Waals surface area contributed by atoms with Crippen LogP contribution < -0.4 is 11.1 Å². The highest BCUT2D eigenvalue weighted by atomic mass is 16.1. The number of aromatic nitrogens is 3. The van der Waals surface area contributed by atoms with Crippen molar-refractivity contribution in [3.63, 3.8) is 0 Å². The van der Waals surface area contributed by atoms with E-state index in [1.54, 1.807) is 0 Å². The summed E-state index contributed by atoms with van der Waals surface area (Å²) in [6.45, 7) is 7.98. The van der Waals surface area contributed by atoms with Gasteiger partial charge in [-0.3, -0.25) is 9.20 Å². The molecule has 0 radical (unpaired) electrons. The van der Waals surface area contributed by atoms with Gasteiger partial charge < -0.3 is 11.1 Å². The van der Waals surface area contributed by atoms with Crippen LogP contribution in [0.15, 0.2) is 24.4 Å². The summed E-state index contributed by atoms with van der Waals surface area (Å²) in [7, 11) is 0. The lowest BCUT2D eigenvalue weighted by Crippen LogP contribution is -2.40. The minimum absolute atomic E-state index is 0.0717. The number of carbonyl (C=O) groups is 1. The average Bonchev–Trinajstić information content (AvgIpc) is 2.81. The summed E-state index contributed by atoms with van der Waals surface area (Å²) in [5.74, 6) is 0.640. The molecular weight excluding hydrogens is 266 g/mol. The van der Waals surface area contributed by atoms with E-state index in [1.165, 1.54) is 0 Å². The van der Waals surface area contributed by atoms with Gasteiger partial charge in [0, 0.05) is 18.7 Å². The number of pyridine rings is 1. The zero-order valence-electron chi connectivity index (χ0n) is 13.0. The van der Waals surface area contributed by atoms with Crippen LogP contribution in [0.25, 0.3) is 5.65 Å². The summed E-state index contributed by atoms with van der Waals surface area (Å²) in [6.07, 6.45) is 2.18. The Bertz CT molecular complexity index is 628. The first-order valence-corrected chi connectivity index (χ1v) is 7.13. The third-order valence-corrected chi connectivity index (χ3v) is 3.62. The van der Waals surface area contributed by atoms with Gasteiger partial charge in [-0.1, -0.05) is 26.8 Å². The molecule has 2 rings (SSSR count). The number of amides is 1. The molecule has 0 saturated carbocycles. The Morgan fingerprint density at radius 3 is 2.76 bits per heavy atom. The van der Waals surface area contributed by atoms with E-state index in [-0.39, 0.29) is 23.4 Å². The van der Waals surface area contributed by atoms with Crippen molar-refractivity contribution in [2.24, 2.45) is 11.1 Å². The van der Waals surface area contributed by atoms with Crippen LogP contribution in [0.2, 0.25) is 0 Å². The molecule has 2 aromatic rings. The molecular formula is C15H23N5O. The lowest BCUT2D eigenvalue weighted by Gasteiger charge is -2.26. The minimum Gasteiger partial charge on any atom is -0.346 e. The van der Waals surface area contributed by atoms with E-state index >= 15 is 0 Å². The third kappa shape index (κ3) is 3.58. The fourth-order valence-electron chi connectivity index (χ4n) is 2.03. The predicted octanol–water partition coefficient (Wildman–Crippen LogP) is 1.67. The number of hydrogen-bond acceptors (Lipinski definition) is 4. The van der Waals surface area contributed by atoms with E-state index in [0.29, 0.717) is 12.2 Å². The highest BCUT2D eigenvalue weighted by Crippen LogP contribution is 2.20. The van der Waals surface area contributed by atoms with E-state index in [0.717, 1.165) is 5.65 Å². The molecule has 0 fully saturated rings. The second-order valence-corrected chi connectivity index (χ2v) is 6.45. The van der Waals surface area contributed by atoms with Crippen LogP contribution in [0.1, 0.15) is 46.0 Å². The van der Waals surface area contributed by atoms with Gasteiger partial charge in [0.2, 0.25) is 5.91 Å². The normalized spacial score (nSPS) is 14.9. The van der Waals surface area contributed by atoms with Gasteiger partial charge in [0.1, 0.15) is 0 Å². The third-order valence-electron chi connectivity index (χ3n) is 3.62. The summed E-state index contributed by atoms with van der Waals surface area (Å²) >= 11 is 0. The highest BCUT2D eigenvalue weighted by molar-refractivity contribution is 5.77. The van der Waals surface area contributed by atoms with Gasteiger partial charge in [-0.05, 0) is 24.5 Å². The molecule has 2 aromatic heterocycles. The maximum Gasteiger partial charge on any atom is 0.222 e. The molecule has 6 nitrogen and oxygen atoms in total. The molecule has 0 aromatic carbocycles. The molecule has 2 atom stereocenters. The Morgan fingerprint density at radius 2 is 2.10 bits per heavy atom. The number of nitrogens with zero attached hydrogens (tertiary/aromatic N) is 3.